The molecule has 0 N–H and O–H groups in total. The van der Waals surface area contributed by atoms with Crippen LogP contribution in [0.15, 0.2) is 18.2 Å². The largest absolute Gasteiger partial charge is 0.377 e. The highest BCUT2D eigenvalue weighted by Gasteiger charge is 2.41. The highest BCUT2D eigenvalue weighted by molar-refractivity contribution is 6.90. The van der Waals surface area contributed by atoms with Crippen LogP contribution in [0.25, 0.3) is 0 Å². The van der Waals surface area contributed by atoms with Crippen molar-refractivity contribution in [3.63, 3.8) is 0 Å². The Balaban J connectivity index is 3.03. The van der Waals surface area contributed by atoms with Crippen molar-refractivity contribution >= 4 is 8.07 Å². The number of unbranched alkanes of at least 4 members (excludes halogenated alkanes) is 3. The molecule has 2 heteroatoms. The summed E-state index contributed by atoms with van der Waals surface area (Å²) in [7, 11) is -1.74. The molecule has 0 amide bonds. The second-order valence-corrected chi connectivity index (χ2v) is 14.4. The quantitative estimate of drug-likeness (QED) is 0.228. The summed E-state index contributed by atoms with van der Waals surface area (Å²) in [5.41, 5.74) is 8.72. The number of benzene rings is 1. The monoisotopic (exact) mass is 396 g/mol. The van der Waals surface area contributed by atoms with E-state index in [4.69, 9.17) is 11.2 Å². The van der Waals surface area contributed by atoms with E-state index in [2.05, 4.69) is 78.0 Å². The van der Waals surface area contributed by atoms with Gasteiger partial charge in [0.15, 0.2) is 0 Å². The standard InChI is InChI=1S/C26H40OSi/c1-9-11-12-13-15-27-20-26-18-24(10-2)17-25(19-26)14-16-28(21(3)4,22(5)6)23(7)8/h2,17-19,21-23H,9,11-13,15,20H2,1,3-8H3. The zero-order valence-corrected chi connectivity index (χ0v) is 20.2. The average Bonchev–Trinajstić information content (AvgIpc) is 2.64. The molecule has 154 valence electrons. The number of terminal acetylenes is 1. The molecule has 1 aromatic rings. The minimum atomic E-state index is -1.74. The minimum absolute atomic E-state index is 0.609. The number of hydrogen-bond acceptors (Lipinski definition) is 1. The third-order valence-corrected chi connectivity index (χ3v) is 12.1. The van der Waals surface area contributed by atoms with Crippen LogP contribution in [-0.4, -0.2) is 14.7 Å². The maximum Gasteiger partial charge on any atom is 0.146 e. The summed E-state index contributed by atoms with van der Waals surface area (Å²) in [5.74, 6) is 6.30. The lowest BCUT2D eigenvalue weighted by Crippen LogP contribution is -2.43. The van der Waals surface area contributed by atoms with Gasteiger partial charge < -0.3 is 4.74 Å². The lowest BCUT2D eigenvalue weighted by atomic mass is 10.1. The second kappa shape index (κ2) is 12.2. The van der Waals surface area contributed by atoms with Gasteiger partial charge in [-0.2, -0.15) is 0 Å². The highest BCUT2D eigenvalue weighted by Crippen LogP contribution is 2.40. The molecular formula is C26H40OSi. The number of hydrogen-bond donors (Lipinski definition) is 0. The summed E-state index contributed by atoms with van der Waals surface area (Å²) in [6, 6.07) is 6.24. The Morgan fingerprint density at radius 1 is 0.893 bits per heavy atom. The fourth-order valence-electron chi connectivity index (χ4n) is 4.37. The number of rotatable bonds is 10. The summed E-state index contributed by atoms with van der Waals surface area (Å²) in [6.45, 7) is 17.7. The Bertz CT molecular complexity index is 676. The van der Waals surface area contributed by atoms with E-state index in [0.717, 1.165) is 29.7 Å². The predicted octanol–water partition coefficient (Wildman–Crippen LogP) is 7.33. The van der Waals surface area contributed by atoms with Crippen molar-refractivity contribution < 1.29 is 4.74 Å². The third-order valence-electron chi connectivity index (χ3n) is 5.86. The lowest BCUT2D eigenvalue weighted by Gasteiger charge is -2.38. The summed E-state index contributed by atoms with van der Waals surface area (Å²) < 4.78 is 5.87. The van der Waals surface area contributed by atoms with E-state index in [1.165, 1.54) is 19.3 Å². The van der Waals surface area contributed by atoms with E-state index < -0.39 is 8.07 Å². The molecule has 0 bridgehead atoms. The fourth-order valence-corrected chi connectivity index (χ4v) is 9.59. The third kappa shape index (κ3) is 6.84. The van der Waals surface area contributed by atoms with Crippen LogP contribution in [0.2, 0.25) is 16.6 Å². The van der Waals surface area contributed by atoms with Crippen LogP contribution in [-0.2, 0) is 11.3 Å². The van der Waals surface area contributed by atoms with E-state index >= 15 is 0 Å². The highest BCUT2D eigenvalue weighted by atomic mass is 28.3. The Labute approximate surface area is 175 Å². The Kier molecular flexibility index (Phi) is 10.7. The van der Waals surface area contributed by atoms with Crippen LogP contribution in [0.3, 0.4) is 0 Å². The first-order valence-electron chi connectivity index (χ1n) is 11.0. The molecule has 0 saturated carbocycles. The predicted molar refractivity (Wildman–Crippen MR) is 126 cm³/mol. The molecule has 0 atom stereocenters. The van der Waals surface area contributed by atoms with Gasteiger partial charge in [0.25, 0.3) is 0 Å². The van der Waals surface area contributed by atoms with Crippen LogP contribution in [0.5, 0.6) is 0 Å². The zero-order chi connectivity index (χ0) is 21.2. The Morgan fingerprint density at radius 3 is 2.04 bits per heavy atom. The maximum absolute atomic E-state index is 5.87. The van der Waals surface area contributed by atoms with Crippen molar-refractivity contribution in [2.75, 3.05) is 6.61 Å². The van der Waals surface area contributed by atoms with E-state index in [0.29, 0.717) is 23.2 Å². The minimum Gasteiger partial charge on any atom is -0.377 e. The lowest BCUT2D eigenvalue weighted by molar-refractivity contribution is 0.117. The molecule has 0 heterocycles. The van der Waals surface area contributed by atoms with Crippen molar-refractivity contribution in [2.45, 2.75) is 97.4 Å². The molecule has 1 aromatic carbocycles. The van der Waals surface area contributed by atoms with Crippen molar-refractivity contribution in [1.82, 2.24) is 0 Å². The molecule has 0 unspecified atom stereocenters. The van der Waals surface area contributed by atoms with Crippen LogP contribution < -0.4 is 0 Å². The van der Waals surface area contributed by atoms with Gasteiger partial charge in [0.2, 0.25) is 0 Å². The molecule has 1 rings (SSSR count). The van der Waals surface area contributed by atoms with Gasteiger partial charge in [0, 0.05) is 17.7 Å². The van der Waals surface area contributed by atoms with Gasteiger partial charge in [-0.1, -0.05) is 79.6 Å². The van der Waals surface area contributed by atoms with Gasteiger partial charge in [-0.3, -0.25) is 0 Å². The topological polar surface area (TPSA) is 9.23 Å². The van der Waals surface area contributed by atoms with Crippen LogP contribution in [0.4, 0.5) is 0 Å². The van der Waals surface area contributed by atoms with Crippen molar-refractivity contribution in [3.8, 4) is 23.8 Å². The van der Waals surface area contributed by atoms with Gasteiger partial charge in [-0.05, 0) is 46.8 Å². The first-order chi connectivity index (χ1) is 13.3. The maximum atomic E-state index is 5.87. The van der Waals surface area contributed by atoms with E-state index in [9.17, 15) is 0 Å². The molecule has 0 aliphatic heterocycles. The molecule has 0 aliphatic rings. The van der Waals surface area contributed by atoms with Gasteiger partial charge >= 0.3 is 0 Å². The zero-order valence-electron chi connectivity index (χ0n) is 19.2. The molecule has 28 heavy (non-hydrogen) atoms. The van der Waals surface area contributed by atoms with Crippen LogP contribution in [0, 0.1) is 23.8 Å². The second-order valence-electron chi connectivity index (χ2n) is 8.82. The average molecular weight is 397 g/mol. The summed E-state index contributed by atoms with van der Waals surface area (Å²) >= 11 is 0. The molecule has 0 aromatic heterocycles. The molecule has 0 aliphatic carbocycles. The van der Waals surface area contributed by atoms with Gasteiger partial charge in [-0.15, -0.1) is 12.0 Å². The Hall–Kier alpha value is -1.48. The normalized spacial score (nSPS) is 11.6. The SMILES string of the molecule is C#Cc1cc(C#C[Si](C(C)C)(C(C)C)C(C)C)cc(COCCCCCC)c1. The van der Waals surface area contributed by atoms with Gasteiger partial charge in [0.1, 0.15) is 8.07 Å². The molecule has 0 radical (unpaired) electrons. The van der Waals surface area contributed by atoms with E-state index in [1.54, 1.807) is 0 Å². The molecule has 0 saturated heterocycles. The number of ether oxygens (including phenoxy) is 1. The summed E-state index contributed by atoms with van der Waals surface area (Å²) in [6.07, 6.45) is 10.6. The smallest absolute Gasteiger partial charge is 0.146 e. The fraction of sp³-hybridized carbons (Fsp3) is 0.615. The molecular weight excluding hydrogens is 356 g/mol. The first kappa shape index (κ1) is 24.6. The Morgan fingerprint density at radius 2 is 1.50 bits per heavy atom. The molecule has 1 nitrogen and oxygen atoms in total. The van der Waals surface area contributed by atoms with Crippen molar-refractivity contribution in [2.24, 2.45) is 0 Å². The van der Waals surface area contributed by atoms with E-state index in [-0.39, 0.29) is 0 Å². The molecule has 0 fully saturated rings. The van der Waals surface area contributed by atoms with Gasteiger partial charge in [-0.25, -0.2) is 0 Å². The van der Waals surface area contributed by atoms with Crippen LogP contribution in [0.1, 0.15) is 90.8 Å². The van der Waals surface area contributed by atoms with E-state index in [1.807, 2.05) is 6.07 Å². The summed E-state index contributed by atoms with van der Waals surface area (Å²) in [4.78, 5) is 0. The van der Waals surface area contributed by atoms with Gasteiger partial charge in [0.05, 0.1) is 6.61 Å². The van der Waals surface area contributed by atoms with Crippen LogP contribution >= 0.6 is 0 Å². The molecule has 0 spiro atoms. The van der Waals surface area contributed by atoms with Crippen molar-refractivity contribution in [3.05, 3.63) is 34.9 Å². The first-order valence-corrected chi connectivity index (χ1v) is 13.2. The van der Waals surface area contributed by atoms with Crippen molar-refractivity contribution in [1.29, 1.82) is 0 Å². The summed E-state index contributed by atoms with van der Waals surface area (Å²) in [5, 5.41) is 0.